The second-order valence-electron chi connectivity index (χ2n) is 6.21. The molecule has 0 fully saturated rings. The Morgan fingerprint density at radius 2 is 2.09 bits per heavy atom. The minimum atomic E-state index is -0.0589. The summed E-state index contributed by atoms with van der Waals surface area (Å²) in [5.41, 5.74) is 1.63. The van der Waals surface area contributed by atoms with E-state index in [-0.39, 0.29) is 5.91 Å². The number of carbonyl (C=O) groups is 1. The van der Waals surface area contributed by atoms with Crippen molar-refractivity contribution in [2.45, 2.75) is 13.8 Å². The Morgan fingerprint density at radius 3 is 2.77 bits per heavy atom. The summed E-state index contributed by atoms with van der Waals surface area (Å²) in [6.07, 6.45) is 0. The van der Waals surface area contributed by atoms with E-state index in [1.807, 2.05) is 25.2 Å². The molecule has 0 unspecified atom stereocenters. The van der Waals surface area contributed by atoms with Crippen molar-refractivity contribution in [1.29, 1.82) is 0 Å². The van der Waals surface area contributed by atoms with Gasteiger partial charge in [0.05, 0.1) is 12.8 Å². The number of fused-ring (bicyclic) bond motifs is 3. The van der Waals surface area contributed by atoms with E-state index in [4.69, 9.17) is 9.15 Å². The van der Waals surface area contributed by atoms with Crippen molar-refractivity contribution in [3.63, 3.8) is 0 Å². The second-order valence-corrected chi connectivity index (χ2v) is 6.21. The van der Waals surface area contributed by atoms with Crippen molar-refractivity contribution in [3.8, 4) is 5.75 Å². The van der Waals surface area contributed by atoms with E-state index in [0.717, 1.165) is 35.5 Å². The molecule has 2 aromatic rings. The number of hydrogen-bond acceptors (Lipinski definition) is 4. The molecule has 5 nitrogen and oxygen atoms in total. The maximum Gasteiger partial charge on any atom is 0.291 e. The zero-order chi connectivity index (χ0) is 15.9. The van der Waals surface area contributed by atoms with Crippen LogP contribution in [-0.2, 0) is 0 Å². The monoisotopic (exact) mass is 302 g/mol. The van der Waals surface area contributed by atoms with E-state index in [9.17, 15) is 4.79 Å². The number of ether oxygens (including phenoxy) is 1. The van der Waals surface area contributed by atoms with Crippen LogP contribution in [0.25, 0.3) is 11.0 Å². The third-order valence-electron chi connectivity index (χ3n) is 4.02. The Hall–Kier alpha value is -2.17. The molecule has 0 N–H and O–H groups in total. The lowest BCUT2D eigenvalue weighted by molar-refractivity contribution is 0.0777. The van der Waals surface area contributed by atoms with Crippen LogP contribution in [0, 0.1) is 5.92 Å². The Kier molecular flexibility index (Phi) is 3.72. The standard InChI is InChI=1S/C17H22N2O3/c1-11(2)10-19-8-7-18(3)17(20)16-15(19)13-9-12(21-4)5-6-14(13)22-16/h5-6,9,11H,7-8,10H2,1-4H3. The molecule has 1 aliphatic rings. The summed E-state index contributed by atoms with van der Waals surface area (Å²) in [6.45, 7) is 6.75. The van der Waals surface area contributed by atoms with Gasteiger partial charge in [-0.1, -0.05) is 13.8 Å². The number of furan rings is 1. The first-order chi connectivity index (χ1) is 10.5. The zero-order valence-corrected chi connectivity index (χ0v) is 13.5. The molecule has 118 valence electrons. The van der Waals surface area contributed by atoms with Crippen molar-refractivity contribution < 1.29 is 13.9 Å². The van der Waals surface area contributed by atoms with E-state index < -0.39 is 0 Å². The third-order valence-corrected chi connectivity index (χ3v) is 4.02. The molecule has 0 radical (unpaired) electrons. The first kappa shape index (κ1) is 14.8. The van der Waals surface area contributed by atoms with Gasteiger partial charge in [0.2, 0.25) is 5.76 Å². The number of methoxy groups -OCH3 is 1. The number of benzene rings is 1. The molecule has 0 spiro atoms. The smallest absolute Gasteiger partial charge is 0.291 e. The lowest BCUT2D eigenvalue weighted by Crippen LogP contribution is -2.33. The zero-order valence-electron chi connectivity index (χ0n) is 13.5. The predicted molar refractivity (Wildman–Crippen MR) is 86.8 cm³/mol. The van der Waals surface area contributed by atoms with Crippen LogP contribution in [0.3, 0.4) is 0 Å². The molecule has 2 heterocycles. The Morgan fingerprint density at radius 1 is 1.32 bits per heavy atom. The van der Waals surface area contributed by atoms with Crippen molar-refractivity contribution in [3.05, 3.63) is 24.0 Å². The SMILES string of the molecule is COc1ccc2oc3c(c2c1)N(CC(C)C)CCN(C)C3=O. The van der Waals surface area contributed by atoms with E-state index in [1.54, 1.807) is 12.0 Å². The van der Waals surface area contributed by atoms with E-state index >= 15 is 0 Å². The summed E-state index contributed by atoms with van der Waals surface area (Å²) in [5.74, 6) is 1.65. The fourth-order valence-electron chi connectivity index (χ4n) is 2.93. The van der Waals surface area contributed by atoms with Gasteiger partial charge in [-0.2, -0.15) is 0 Å². The fourth-order valence-corrected chi connectivity index (χ4v) is 2.93. The highest BCUT2D eigenvalue weighted by Gasteiger charge is 2.30. The van der Waals surface area contributed by atoms with Crippen LogP contribution in [0.15, 0.2) is 22.6 Å². The minimum Gasteiger partial charge on any atom is -0.497 e. The highest BCUT2D eigenvalue weighted by Crippen LogP contribution is 2.38. The van der Waals surface area contributed by atoms with Gasteiger partial charge in [0.1, 0.15) is 11.3 Å². The summed E-state index contributed by atoms with van der Waals surface area (Å²) in [5, 5.41) is 0.943. The minimum absolute atomic E-state index is 0.0589. The van der Waals surface area contributed by atoms with Gasteiger partial charge >= 0.3 is 0 Å². The lowest BCUT2D eigenvalue weighted by Gasteiger charge is -2.25. The van der Waals surface area contributed by atoms with Crippen LogP contribution >= 0.6 is 0 Å². The van der Waals surface area contributed by atoms with Crippen molar-refractivity contribution in [1.82, 2.24) is 4.90 Å². The van der Waals surface area contributed by atoms with Gasteiger partial charge in [0.25, 0.3) is 5.91 Å². The molecule has 0 atom stereocenters. The van der Waals surface area contributed by atoms with Gasteiger partial charge in [0, 0.05) is 32.1 Å². The maximum atomic E-state index is 12.6. The number of likely N-dealkylation sites (N-methyl/N-ethyl adjacent to an activating group) is 1. The van der Waals surface area contributed by atoms with Gasteiger partial charge in [0.15, 0.2) is 0 Å². The summed E-state index contributed by atoms with van der Waals surface area (Å²) < 4.78 is 11.2. The summed E-state index contributed by atoms with van der Waals surface area (Å²) in [6, 6.07) is 5.67. The van der Waals surface area contributed by atoms with Crippen LogP contribution in [-0.4, -0.2) is 44.6 Å². The van der Waals surface area contributed by atoms with E-state index in [2.05, 4.69) is 18.7 Å². The molecule has 0 saturated carbocycles. The van der Waals surface area contributed by atoms with Gasteiger partial charge < -0.3 is 19.0 Å². The largest absolute Gasteiger partial charge is 0.497 e. The number of nitrogens with zero attached hydrogens (tertiary/aromatic N) is 2. The summed E-state index contributed by atoms with van der Waals surface area (Å²) in [4.78, 5) is 16.5. The number of amides is 1. The summed E-state index contributed by atoms with van der Waals surface area (Å²) in [7, 11) is 3.46. The molecule has 5 heteroatoms. The van der Waals surface area contributed by atoms with Gasteiger partial charge in [-0.15, -0.1) is 0 Å². The highest BCUT2D eigenvalue weighted by molar-refractivity contribution is 6.07. The van der Waals surface area contributed by atoms with Crippen molar-refractivity contribution in [2.24, 2.45) is 5.92 Å². The molecule has 1 aromatic heterocycles. The van der Waals surface area contributed by atoms with Crippen LogP contribution in [0.1, 0.15) is 24.4 Å². The van der Waals surface area contributed by atoms with Gasteiger partial charge in [-0.25, -0.2) is 0 Å². The number of hydrogen-bond donors (Lipinski definition) is 0. The molecule has 0 aliphatic carbocycles. The number of anilines is 1. The van der Waals surface area contributed by atoms with Crippen LogP contribution in [0.4, 0.5) is 5.69 Å². The van der Waals surface area contributed by atoms with Crippen molar-refractivity contribution in [2.75, 3.05) is 38.7 Å². The maximum absolute atomic E-state index is 12.6. The number of rotatable bonds is 3. The molecule has 1 aliphatic heterocycles. The van der Waals surface area contributed by atoms with Gasteiger partial charge in [-0.3, -0.25) is 4.79 Å². The van der Waals surface area contributed by atoms with Gasteiger partial charge in [-0.05, 0) is 24.1 Å². The van der Waals surface area contributed by atoms with Crippen LogP contribution in [0.5, 0.6) is 5.75 Å². The summed E-state index contributed by atoms with van der Waals surface area (Å²) >= 11 is 0. The van der Waals surface area contributed by atoms with Crippen LogP contribution < -0.4 is 9.64 Å². The Balaban J connectivity index is 2.21. The molecular weight excluding hydrogens is 280 g/mol. The first-order valence-electron chi connectivity index (χ1n) is 7.62. The second kappa shape index (κ2) is 5.55. The molecule has 22 heavy (non-hydrogen) atoms. The molecular formula is C17H22N2O3. The fraction of sp³-hybridized carbons (Fsp3) is 0.471. The van der Waals surface area contributed by atoms with Crippen molar-refractivity contribution >= 4 is 22.6 Å². The molecule has 0 saturated heterocycles. The number of carbonyl (C=O) groups excluding carboxylic acids is 1. The van der Waals surface area contributed by atoms with E-state index in [1.165, 1.54) is 0 Å². The van der Waals surface area contributed by atoms with Crippen LogP contribution in [0.2, 0.25) is 0 Å². The quantitative estimate of drug-likeness (QED) is 0.874. The average molecular weight is 302 g/mol. The first-order valence-corrected chi connectivity index (χ1v) is 7.62. The molecule has 1 aromatic carbocycles. The van der Waals surface area contributed by atoms with E-state index in [0.29, 0.717) is 18.2 Å². The molecule has 0 bridgehead atoms. The lowest BCUT2D eigenvalue weighted by atomic mass is 10.1. The third kappa shape index (κ3) is 2.40. The topological polar surface area (TPSA) is 45.9 Å². The normalized spacial score (nSPS) is 15.4. The molecule has 3 rings (SSSR count). The Labute approximate surface area is 130 Å². The highest BCUT2D eigenvalue weighted by atomic mass is 16.5. The average Bonchev–Trinajstić information content (AvgIpc) is 2.83. The molecule has 1 amide bonds. The predicted octanol–water partition coefficient (Wildman–Crippen LogP) is 2.99. The Bertz CT molecular complexity index is 705.